The van der Waals surface area contributed by atoms with Crippen LogP contribution in [0.1, 0.15) is 71.1 Å². The summed E-state index contributed by atoms with van der Waals surface area (Å²) in [5.74, 6) is 1.28. The molecule has 17 heavy (non-hydrogen) atoms. The summed E-state index contributed by atoms with van der Waals surface area (Å²) >= 11 is 0. The molecular weight excluding hydrogens is 208 g/mol. The molecule has 2 fully saturated rings. The van der Waals surface area contributed by atoms with Gasteiger partial charge in [0.25, 0.3) is 0 Å². The largest absolute Gasteiger partial charge is 0.361 e. The van der Waals surface area contributed by atoms with Gasteiger partial charge in [0.05, 0.1) is 11.9 Å². The van der Waals surface area contributed by atoms with E-state index in [-0.39, 0.29) is 0 Å². The average Bonchev–Trinajstić information content (AvgIpc) is 2.40. The highest BCUT2D eigenvalue weighted by atomic mass is 15.2. The van der Waals surface area contributed by atoms with Gasteiger partial charge in [0, 0.05) is 13.1 Å². The second-order valence-corrected chi connectivity index (χ2v) is 5.87. The number of rotatable bonds is 2. The van der Waals surface area contributed by atoms with E-state index in [9.17, 15) is 0 Å². The molecule has 0 radical (unpaired) electrons. The highest BCUT2D eigenvalue weighted by Crippen LogP contribution is 2.24. The van der Waals surface area contributed by atoms with Crippen LogP contribution in [0.25, 0.3) is 0 Å². The van der Waals surface area contributed by atoms with Crippen LogP contribution in [0.5, 0.6) is 0 Å². The molecule has 0 amide bonds. The zero-order chi connectivity index (χ0) is 12.1. The van der Waals surface area contributed by atoms with Crippen LogP contribution in [0, 0.1) is 0 Å². The summed E-state index contributed by atoms with van der Waals surface area (Å²) in [6.07, 6.45) is 13.8. The molecule has 2 nitrogen and oxygen atoms in total. The molecule has 2 heteroatoms. The molecule has 2 aliphatic rings. The van der Waals surface area contributed by atoms with Crippen LogP contribution < -0.4 is 0 Å². The molecule has 2 saturated carbocycles. The van der Waals surface area contributed by atoms with Gasteiger partial charge in [-0.3, -0.25) is 4.99 Å². The topological polar surface area (TPSA) is 15.6 Å². The van der Waals surface area contributed by atoms with Crippen molar-refractivity contribution in [1.82, 2.24) is 4.90 Å². The molecule has 2 rings (SSSR count). The van der Waals surface area contributed by atoms with E-state index in [1.54, 1.807) is 0 Å². The van der Waals surface area contributed by atoms with E-state index < -0.39 is 0 Å². The first-order valence-electron chi connectivity index (χ1n) is 7.54. The Bertz CT molecular complexity index is 248. The van der Waals surface area contributed by atoms with Crippen LogP contribution in [-0.2, 0) is 0 Å². The maximum Gasteiger partial charge on any atom is 0.0960 e. The zero-order valence-electron chi connectivity index (χ0n) is 11.6. The van der Waals surface area contributed by atoms with Crippen molar-refractivity contribution >= 4 is 5.84 Å². The van der Waals surface area contributed by atoms with Gasteiger partial charge >= 0.3 is 0 Å². The Hall–Kier alpha value is -0.530. The molecule has 2 aliphatic carbocycles. The summed E-state index contributed by atoms with van der Waals surface area (Å²) in [7, 11) is 2.25. The van der Waals surface area contributed by atoms with Crippen LogP contribution >= 0.6 is 0 Å². The molecule has 0 saturated heterocycles. The van der Waals surface area contributed by atoms with Crippen molar-refractivity contribution in [2.24, 2.45) is 4.99 Å². The Morgan fingerprint density at radius 2 is 1.41 bits per heavy atom. The first-order chi connectivity index (χ1) is 8.27. The number of amidine groups is 1. The van der Waals surface area contributed by atoms with E-state index in [1.807, 2.05) is 0 Å². The van der Waals surface area contributed by atoms with Gasteiger partial charge in [-0.25, -0.2) is 0 Å². The van der Waals surface area contributed by atoms with Gasteiger partial charge in [0.1, 0.15) is 0 Å². The van der Waals surface area contributed by atoms with Gasteiger partial charge < -0.3 is 4.90 Å². The normalized spacial score (nSPS) is 24.9. The molecule has 0 aliphatic heterocycles. The van der Waals surface area contributed by atoms with Crippen molar-refractivity contribution < 1.29 is 0 Å². The van der Waals surface area contributed by atoms with E-state index in [4.69, 9.17) is 4.99 Å². The van der Waals surface area contributed by atoms with E-state index in [1.165, 1.54) is 70.0 Å². The van der Waals surface area contributed by atoms with Gasteiger partial charge in [-0.15, -0.1) is 0 Å². The monoisotopic (exact) mass is 236 g/mol. The number of nitrogens with zero attached hydrogens (tertiary/aromatic N) is 2. The third kappa shape index (κ3) is 3.72. The standard InChI is InChI=1S/C15H28N2/c1-13(16-14-9-5-3-6-10-14)17(2)15-11-7-4-8-12-15/h14-15H,3-12H2,1-2H3. The summed E-state index contributed by atoms with van der Waals surface area (Å²) in [4.78, 5) is 7.41. The van der Waals surface area contributed by atoms with Gasteiger partial charge in [-0.1, -0.05) is 38.5 Å². The van der Waals surface area contributed by atoms with E-state index in [2.05, 4.69) is 18.9 Å². The zero-order valence-corrected chi connectivity index (χ0v) is 11.6. The maximum atomic E-state index is 4.95. The minimum absolute atomic E-state index is 0.620. The number of hydrogen-bond donors (Lipinski definition) is 0. The predicted octanol–water partition coefficient (Wildman–Crippen LogP) is 4.00. The number of hydrogen-bond acceptors (Lipinski definition) is 1. The fraction of sp³-hybridized carbons (Fsp3) is 0.933. The smallest absolute Gasteiger partial charge is 0.0960 e. The third-order valence-electron chi connectivity index (χ3n) is 4.58. The Kier molecular flexibility index (Phi) is 4.87. The highest BCUT2D eigenvalue weighted by molar-refractivity contribution is 5.79. The van der Waals surface area contributed by atoms with Crippen molar-refractivity contribution in [2.45, 2.75) is 83.2 Å². The summed E-state index contributed by atoms with van der Waals surface area (Å²) in [6.45, 7) is 2.21. The molecule has 0 N–H and O–H groups in total. The lowest BCUT2D eigenvalue weighted by molar-refractivity contribution is 0.275. The molecule has 0 bridgehead atoms. The highest BCUT2D eigenvalue weighted by Gasteiger charge is 2.20. The first-order valence-corrected chi connectivity index (χ1v) is 7.54. The minimum atomic E-state index is 0.620. The van der Waals surface area contributed by atoms with Crippen LogP contribution in [0.3, 0.4) is 0 Å². The Morgan fingerprint density at radius 3 is 2.00 bits per heavy atom. The summed E-state index contributed by atoms with van der Waals surface area (Å²) in [5.41, 5.74) is 0. The fourth-order valence-corrected chi connectivity index (χ4v) is 3.30. The maximum absolute atomic E-state index is 4.95. The second kappa shape index (κ2) is 6.42. The van der Waals surface area contributed by atoms with Gasteiger partial charge in [-0.05, 0) is 32.6 Å². The third-order valence-corrected chi connectivity index (χ3v) is 4.58. The van der Waals surface area contributed by atoms with Crippen molar-refractivity contribution in [1.29, 1.82) is 0 Å². The van der Waals surface area contributed by atoms with Crippen molar-refractivity contribution in [2.75, 3.05) is 7.05 Å². The van der Waals surface area contributed by atoms with Gasteiger partial charge in [0.2, 0.25) is 0 Å². The van der Waals surface area contributed by atoms with Crippen molar-refractivity contribution in [3.8, 4) is 0 Å². The van der Waals surface area contributed by atoms with Crippen molar-refractivity contribution in [3.63, 3.8) is 0 Å². The van der Waals surface area contributed by atoms with Crippen LogP contribution in [-0.4, -0.2) is 29.9 Å². The lowest BCUT2D eigenvalue weighted by Crippen LogP contribution is -2.37. The molecule has 0 heterocycles. The Labute approximate surface area is 106 Å². The van der Waals surface area contributed by atoms with Crippen LogP contribution in [0.15, 0.2) is 4.99 Å². The molecular formula is C15H28N2. The molecule has 0 aromatic rings. The lowest BCUT2D eigenvalue weighted by Gasteiger charge is -2.33. The second-order valence-electron chi connectivity index (χ2n) is 5.87. The predicted molar refractivity (Wildman–Crippen MR) is 74.6 cm³/mol. The lowest BCUT2D eigenvalue weighted by atomic mass is 9.94. The quantitative estimate of drug-likeness (QED) is 0.522. The molecule has 0 aromatic heterocycles. The molecule has 0 atom stereocenters. The van der Waals surface area contributed by atoms with Crippen molar-refractivity contribution in [3.05, 3.63) is 0 Å². The molecule has 0 unspecified atom stereocenters. The minimum Gasteiger partial charge on any atom is -0.361 e. The summed E-state index contributed by atoms with van der Waals surface area (Å²) in [5, 5.41) is 0. The van der Waals surface area contributed by atoms with E-state index in [0.717, 1.165) is 6.04 Å². The molecule has 0 aromatic carbocycles. The average molecular weight is 236 g/mol. The first kappa shape index (κ1) is 12.9. The van der Waals surface area contributed by atoms with E-state index in [0.29, 0.717) is 6.04 Å². The fourth-order valence-electron chi connectivity index (χ4n) is 3.30. The van der Waals surface area contributed by atoms with Gasteiger partial charge in [-0.2, -0.15) is 0 Å². The Balaban J connectivity index is 1.87. The Morgan fingerprint density at radius 1 is 0.882 bits per heavy atom. The number of aliphatic imine (C=N–C) groups is 1. The van der Waals surface area contributed by atoms with Gasteiger partial charge in [0.15, 0.2) is 0 Å². The molecule has 0 spiro atoms. The van der Waals surface area contributed by atoms with Crippen LogP contribution in [0.4, 0.5) is 0 Å². The molecule has 98 valence electrons. The van der Waals surface area contributed by atoms with Crippen LogP contribution in [0.2, 0.25) is 0 Å². The summed E-state index contributed by atoms with van der Waals surface area (Å²) in [6, 6.07) is 1.38. The van der Waals surface area contributed by atoms with E-state index >= 15 is 0 Å². The summed E-state index contributed by atoms with van der Waals surface area (Å²) < 4.78 is 0. The SMILES string of the molecule is CC(=NC1CCCCC1)N(C)C1CCCCC1.